The van der Waals surface area contributed by atoms with E-state index in [1.807, 2.05) is 0 Å². The maximum Gasteiger partial charge on any atom is 0.241 e. The molecule has 0 saturated heterocycles. The SMILES string of the molecule is CN(C)c1c(Cl)cccc1NC(=O)C(N)CC(N)=O. The van der Waals surface area contributed by atoms with Gasteiger partial charge in [-0.15, -0.1) is 0 Å². The molecule has 1 aromatic carbocycles. The van der Waals surface area contributed by atoms with E-state index in [-0.39, 0.29) is 6.42 Å². The highest BCUT2D eigenvalue weighted by atomic mass is 35.5. The number of anilines is 2. The van der Waals surface area contributed by atoms with Gasteiger partial charge in [0, 0.05) is 14.1 Å². The lowest BCUT2D eigenvalue weighted by Gasteiger charge is -2.20. The summed E-state index contributed by atoms with van der Waals surface area (Å²) < 4.78 is 0. The molecule has 0 saturated carbocycles. The summed E-state index contributed by atoms with van der Waals surface area (Å²) in [5.74, 6) is -1.11. The van der Waals surface area contributed by atoms with E-state index in [4.69, 9.17) is 23.1 Å². The van der Waals surface area contributed by atoms with Gasteiger partial charge in [0.1, 0.15) is 0 Å². The molecular weight excluding hydrogens is 268 g/mol. The average molecular weight is 285 g/mol. The van der Waals surface area contributed by atoms with E-state index < -0.39 is 17.9 Å². The first-order valence-electron chi connectivity index (χ1n) is 5.63. The molecule has 0 radical (unpaired) electrons. The Hall–Kier alpha value is -1.79. The van der Waals surface area contributed by atoms with E-state index in [0.717, 1.165) is 0 Å². The van der Waals surface area contributed by atoms with Crippen LogP contribution in [0, 0.1) is 0 Å². The Balaban J connectivity index is 2.91. The van der Waals surface area contributed by atoms with Crippen LogP contribution in [-0.2, 0) is 9.59 Å². The summed E-state index contributed by atoms with van der Waals surface area (Å²) in [7, 11) is 3.61. The molecule has 6 nitrogen and oxygen atoms in total. The van der Waals surface area contributed by atoms with Gasteiger partial charge in [-0.3, -0.25) is 9.59 Å². The maximum atomic E-state index is 11.8. The predicted octanol–water partition coefficient (Wildman–Crippen LogP) is 0.547. The molecule has 1 rings (SSSR count). The highest BCUT2D eigenvalue weighted by Crippen LogP contribution is 2.32. The second-order valence-corrected chi connectivity index (χ2v) is 4.70. The third-order valence-electron chi connectivity index (χ3n) is 2.45. The Morgan fingerprint density at radius 2 is 2.05 bits per heavy atom. The number of nitrogens with one attached hydrogen (secondary N) is 1. The number of nitrogens with zero attached hydrogens (tertiary/aromatic N) is 1. The first kappa shape index (κ1) is 15.3. The number of carbonyl (C=O) groups is 2. The smallest absolute Gasteiger partial charge is 0.241 e. The molecule has 7 heteroatoms. The van der Waals surface area contributed by atoms with Gasteiger partial charge >= 0.3 is 0 Å². The van der Waals surface area contributed by atoms with E-state index in [0.29, 0.717) is 16.4 Å². The van der Waals surface area contributed by atoms with Crippen molar-refractivity contribution in [3.05, 3.63) is 23.2 Å². The molecule has 5 N–H and O–H groups in total. The fourth-order valence-corrected chi connectivity index (χ4v) is 1.95. The van der Waals surface area contributed by atoms with Gasteiger partial charge in [-0.25, -0.2) is 0 Å². The highest BCUT2D eigenvalue weighted by molar-refractivity contribution is 6.34. The molecule has 0 fully saturated rings. The zero-order chi connectivity index (χ0) is 14.6. The molecule has 0 aliphatic heterocycles. The van der Waals surface area contributed by atoms with Crippen molar-refractivity contribution in [2.45, 2.75) is 12.5 Å². The van der Waals surface area contributed by atoms with Crippen LogP contribution in [0.5, 0.6) is 0 Å². The number of carbonyl (C=O) groups excluding carboxylic acids is 2. The lowest BCUT2D eigenvalue weighted by atomic mass is 10.2. The summed E-state index contributed by atoms with van der Waals surface area (Å²) in [5.41, 5.74) is 11.8. The molecular formula is C12H17ClN4O2. The molecule has 0 aliphatic carbocycles. The molecule has 1 atom stereocenters. The number of para-hydroxylation sites is 1. The summed E-state index contributed by atoms with van der Waals surface area (Å²) in [5, 5.41) is 3.15. The molecule has 0 aliphatic rings. The van der Waals surface area contributed by atoms with Gasteiger partial charge in [0.15, 0.2) is 0 Å². The number of halogens is 1. The van der Waals surface area contributed by atoms with Gasteiger partial charge in [0.2, 0.25) is 11.8 Å². The quantitative estimate of drug-likeness (QED) is 0.735. The summed E-state index contributed by atoms with van der Waals surface area (Å²) >= 11 is 6.07. The van der Waals surface area contributed by atoms with E-state index in [1.54, 1.807) is 37.2 Å². The van der Waals surface area contributed by atoms with Crippen LogP contribution in [0.25, 0.3) is 0 Å². The lowest BCUT2D eigenvalue weighted by molar-refractivity contribution is -0.123. The van der Waals surface area contributed by atoms with Crippen LogP contribution in [0.2, 0.25) is 5.02 Å². The Morgan fingerprint density at radius 1 is 1.42 bits per heavy atom. The van der Waals surface area contributed by atoms with Crippen molar-refractivity contribution in [3.63, 3.8) is 0 Å². The Bertz CT molecular complexity index is 491. The van der Waals surface area contributed by atoms with Crippen LogP contribution in [0.1, 0.15) is 6.42 Å². The van der Waals surface area contributed by atoms with Gasteiger partial charge in [0.05, 0.1) is 28.9 Å². The monoisotopic (exact) mass is 284 g/mol. The standard InChI is InChI=1S/C12H17ClN4O2/c1-17(2)11-7(13)4-3-5-9(11)16-12(19)8(14)6-10(15)18/h3-5,8H,6,14H2,1-2H3,(H2,15,18)(H,16,19). The second kappa shape index (κ2) is 6.40. The van der Waals surface area contributed by atoms with Crippen molar-refractivity contribution in [3.8, 4) is 0 Å². The summed E-state index contributed by atoms with van der Waals surface area (Å²) in [6.07, 6.45) is -0.205. The van der Waals surface area contributed by atoms with Gasteiger partial charge in [-0.2, -0.15) is 0 Å². The first-order chi connectivity index (χ1) is 8.82. The number of nitrogens with two attached hydrogens (primary N) is 2. The Labute approximate surface area is 116 Å². The normalized spacial score (nSPS) is 11.8. The Morgan fingerprint density at radius 3 is 2.58 bits per heavy atom. The molecule has 19 heavy (non-hydrogen) atoms. The molecule has 2 amide bonds. The minimum Gasteiger partial charge on any atom is -0.375 e. The van der Waals surface area contributed by atoms with E-state index in [1.165, 1.54) is 0 Å². The number of benzene rings is 1. The third kappa shape index (κ3) is 4.11. The second-order valence-electron chi connectivity index (χ2n) is 4.30. The van der Waals surface area contributed by atoms with Gasteiger partial charge in [0.25, 0.3) is 0 Å². The number of hydrogen-bond acceptors (Lipinski definition) is 4. The number of rotatable bonds is 5. The summed E-state index contributed by atoms with van der Waals surface area (Å²) in [6, 6.07) is 4.16. The fourth-order valence-electron chi connectivity index (χ4n) is 1.61. The van der Waals surface area contributed by atoms with Gasteiger partial charge in [-0.05, 0) is 12.1 Å². The molecule has 104 valence electrons. The number of primary amides is 1. The van der Waals surface area contributed by atoms with Crippen molar-refractivity contribution in [2.75, 3.05) is 24.3 Å². The molecule has 0 heterocycles. The molecule has 0 bridgehead atoms. The maximum absolute atomic E-state index is 11.8. The first-order valence-corrected chi connectivity index (χ1v) is 6.01. The van der Waals surface area contributed by atoms with Crippen molar-refractivity contribution in [1.82, 2.24) is 0 Å². The fraction of sp³-hybridized carbons (Fsp3) is 0.333. The molecule has 1 aromatic rings. The lowest BCUT2D eigenvalue weighted by Crippen LogP contribution is -2.39. The zero-order valence-corrected chi connectivity index (χ0v) is 11.6. The molecule has 1 unspecified atom stereocenters. The van der Waals surface area contributed by atoms with E-state index in [2.05, 4.69) is 5.32 Å². The predicted molar refractivity (Wildman–Crippen MR) is 76.2 cm³/mol. The molecule has 0 spiro atoms. The molecule has 0 aromatic heterocycles. The van der Waals surface area contributed by atoms with Crippen LogP contribution < -0.4 is 21.7 Å². The topological polar surface area (TPSA) is 101 Å². The highest BCUT2D eigenvalue weighted by Gasteiger charge is 2.18. The minimum atomic E-state index is -0.980. The zero-order valence-electron chi connectivity index (χ0n) is 10.8. The van der Waals surface area contributed by atoms with E-state index in [9.17, 15) is 9.59 Å². The summed E-state index contributed by atoms with van der Waals surface area (Å²) in [4.78, 5) is 24.3. The Kier molecular flexibility index (Phi) is 5.14. The van der Waals surface area contributed by atoms with Crippen LogP contribution in [-0.4, -0.2) is 32.0 Å². The van der Waals surface area contributed by atoms with E-state index >= 15 is 0 Å². The van der Waals surface area contributed by atoms with Crippen molar-refractivity contribution in [2.24, 2.45) is 11.5 Å². The third-order valence-corrected chi connectivity index (χ3v) is 2.75. The van der Waals surface area contributed by atoms with Crippen LogP contribution >= 0.6 is 11.6 Å². The van der Waals surface area contributed by atoms with Crippen LogP contribution in [0.4, 0.5) is 11.4 Å². The van der Waals surface area contributed by atoms with Crippen LogP contribution in [0.3, 0.4) is 0 Å². The number of amides is 2. The largest absolute Gasteiger partial charge is 0.375 e. The van der Waals surface area contributed by atoms with Crippen LogP contribution in [0.15, 0.2) is 18.2 Å². The summed E-state index contributed by atoms with van der Waals surface area (Å²) in [6.45, 7) is 0. The van der Waals surface area contributed by atoms with Crippen molar-refractivity contribution in [1.29, 1.82) is 0 Å². The van der Waals surface area contributed by atoms with Crippen molar-refractivity contribution >= 4 is 34.8 Å². The minimum absolute atomic E-state index is 0.205. The van der Waals surface area contributed by atoms with Gasteiger partial charge < -0.3 is 21.7 Å². The van der Waals surface area contributed by atoms with Gasteiger partial charge in [-0.1, -0.05) is 17.7 Å². The number of hydrogen-bond donors (Lipinski definition) is 3. The average Bonchev–Trinajstić information content (AvgIpc) is 2.27. The van der Waals surface area contributed by atoms with Crippen molar-refractivity contribution < 1.29 is 9.59 Å².